The van der Waals surface area contributed by atoms with Gasteiger partial charge in [-0.2, -0.15) is 0 Å². The number of fused-ring (bicyclic) bond motifs is 1. The van der Waals surface area contributed by atoms with Gasteiger partial charge >= 0.3 is 5.97 Å². The minimum absolute atomic E-state index is 0.0380. The van der Waals surface area contributed by atoms with Crippen LogP contribution in [0.15, 0.2) is 12.1 Å². The minimum Gasteiger partial charge on any atom is -0.481 e. The molecule has 3 heterocycles. The lowest BCUT2D eigenvalue weighted by molar-refractivity contribution is -0.161. The number of nitrogens with zero attached hydrogens (tertiary/aromatic N) is 2. The number of amides is 1. The summed E-state index contributed by atoms with van der Waals surface area (Å²) >= 11 is 1.50. The van der Waals surface area contributed by atoms with E-state index in [9.17, 15) is 14.7 Å². The summed E-state index contributed by atoms with van der Waals surface area (Å²) < 4.78 is 0. The van der Waals surface area contributed by atoms with Crippen LogP contribution < -0.4 is 0 Å². The number of aryl methyl sites for hydroxylation is 1. The Labute approximate surface area is 134 Å². The fraction of sp³-hybridized carbons (Fsp3) is 0.625. The summed E-state index contributed by atoms with van der Waals surface area (Å²) in [4.78, 5) is 30.3. The maximum Gasteiger partial charge on any atom is 0.311 e. The zero-order valence-corrected chi connectivity index (χ0v) is 13.9. The fourth-order valence-electron chi connectivity index (χ4n) is 3.87. The van der Waals surface area contributed by atoms with Crippen LogP contribution in [-0.2, 0) is 4.79 Å². The van der Waals surface area contributed by atoms with Crippen LogP contribution in [0.2, 0.25) is 0 Å². The molecule has 1 amide bonds. The van der Waals surface area contributed by atoms with E-state index >= 15 is 0 Å². The summed E-state index contributed by atoms with van der Waals surface area (Å²) in [6, 6.07) is 3.74. The van der Waals surface area contributed by atoms with Crippen molar-refractivity contribution in [3.8, 4) is 0 Å². The Bertz CT molecular complexity index is 600. The summed E-state index contributed by atoms with van der Waals surface area (Å²) in [5, 5.41) is 9.76. The third-order valence-electron chi connectivity index (χ3n) is 5.19. The average molecular weight is 322 g/mol. The smallest absolute Gasteiger partial charge is 0.311 e. The van der Waals surface area contributed by atoms with Gasteiger partial charge in [0.15, 0.2) is 0 Å². The monoisotopic (exact) mass is 322 g/mol. The number of thiophene rings is 1. The molecule has 2 aliphatic rings. The highest BCUT2D eigenvalue weighted by atomic mass is 32.1. The van der Waals surface area contributed by atoms with Gasteiger partial charge in [-0.25, -0.2) is 0 Å². The van der Waals surface area contributed by atoms with E-state index in [4.69, 9.17) is 0 Å². The molecule has 2 fully saturated rings. The van der Waals surface area contributed by atoms with Gasteiger partial charge in [-0.15, -0.1) is 11.3 Å². The van der Waals surface area contributed by atoms with Crippen molar-refractivity contribution in [1.82, 2.24) is 9.80 Å². The number of carbonyl (C=O) groups excluding carboxylic acids is 1. The van der Waals surface area contributed by atoms with Gasteiger partial charge in [0.25, 0.3) is 5.91 Å². The molecule has 0 aliphatic carbocycles. The van der Waals surface area contributed by atoms with Gasteiger partial charge in [0, 0.05) is 24.0 Å². The quantitative estimate of drug-likeness (QED) is 0.905. The molecule has 2 aliphatic heterocycles. The van der Waals surface area contributed by atoms with Crippen molar-refractivity contribution >= 4 is 23.2 Å². The largest absolute Gasteiger partial charge is 0.481 e. The summed E-state index contributed by atoms with van der Waals surface area (Å²) in [5.41, 5.74) is -0.685. The van der Waals surface area contributed by atoms with Crippen molar-refractivity contribution in [2.75, 3.05) is 26.7 Å². The highest BCUT2D eigenvalue weighted by molar-refractivity contribution is 7.13. The van der Waals surface area contributed by atoms with Crippen molar-refractivity contribution in [1.29, 1.82) is 0 Å². The molecule has 0 bridgehead atoms. The van der Waals surface area contributed by atoms with Crippen LogP contribution in [-0.4, -0.2) is 59.5 Å². The van der Waals surface area contributed by atoms with E-state index in [0.717, 1.165) is 29.1 Å². The van der Waals surface area contributed by atoms with Crippen LogP contribution >= 0.6 is 11.3 Å². The average Bonchev–Trinajstić information content (AvgIpc) is 2.93. The zero-order valence-electron chi connectivity index (χ0n) is 13.0. The molecule has 3 rings (SSSR count). The van der Waals surface area contributed by atoms with Gasteiger partial charge in [-0.1, -0.05) is 0 Å². The second-order valence-electron chi connectivity index (χ2n) is 6.47. The summed E-state index contributed by atoms with van der Waals surface area (Å²) in [6.07, 6.45) is 2.18. The number of rotatable bonds is 2. The van der Waals surface area contributed by atoms with Crippen LogP contribution in [0.25, 0.3) is 0 Å². The molecule has 0 aromatic carbocycles. The number of likely N-dealkylation sites (tertiary alicyclic amines) is 2. The first-order valence-electron chi connectivity index (χ1n) is 7.73. The first kappa shape index (κ1) is 15.5. The van der Waals surface area contributed by atoms with Crippen LogP contribution in [0.1, 0.15) is 33.8 Å². The van der Waals surface area contributed by atoms with E-state index in [-0.39, 0.29) is 11.9 Å². The van der Waals surface area contributed by atoms with Crippen molar-refractivity contribution in [3.05, 3.63) is 21.9 Å². The number of piperidine rings is 2. The standard InChI is InChI=1S/C16H22N2O3S/c1-11-4-5-12(22-11)14(19)18-9-7-16(15(20)21)6-3-8-17(2)13(16)10-18/h4-5,13H,3,6-10H2,1-2H3,(H,20,21)/t13-,16+/m1/s1. The molecule has 0 unspecified atom stereocenters. The zero-order chi connectivity index (χ0) is 15.9. The number of carboxylic acid groups (broad SMARTS) is 1. The van der Waals surface area contributed by atoms with Crippen LogP contribution in [0.5, 0.6) is 0 Å². The molecule has 22 heavy (non-hydrogen) atoms. The molecule has 1 N–H and O–H groups in total. The molecule has 1 aromatic rings. The summed E-state index contributed by atoms with van der Waals surface area (Å²) in [7, 11) is 1.98. The van der Waals surface area contributed by atoms with E-state index < -0.39 is 11.4 Å². The maximum atomic E-state index is 12.6. The highest BCUT2D eigenvalue weighted by Gasteiger charge is 2.52. The molecule has 5 nitrogen and oxygen atoms in total. The summed E-state index contributed by atoms with van der Waals surface area (Å²) in [5.74, 6) is -0.667. The van der Waals surface area contributed by atoms with Crippen LogP contribution in [0.4, 0.5) is 0 Å². The van der Waals surface area contributed by atoms with E-state index in [1.165, 1.54) is 11.3 Å². The van der Waals surface area contributed by atoms with Gasteiger partial charge in [0.2, 0.25) is 0 Å². The first-order chi connectivity index (χ1) is 10.4. The predicted octanol–water partition coefficient (Wildman–Crippen LogP) is 2.07. The van der Waals surface area contributed by atoms with E-state index in [1.807, 2.05) is 31.0 Å². The molecule has 6 heteroatoms. The predicted molar refractivity (Wildman–Crippen MR) is 85.3 cm³/mol. The number of hydrogen-bond donors (Lipinski definition) is 1. The highest BCUT2D eigenvalue weighted by Crippen LogP contribution is 2.42. The third kappa shape index (κ3) is 2.44. The van der Waals surface area contributed by atoms with Gasteiger partial charge < -0.3 is 14.9 Å². The van der Waals surface area contributed by atoms with Gasteiger partial charge in [0.1, 0.15) is 0 Å². The number of carbonyl (C=O) groups is 2. The second-order valence-corrected chi connectivity index (χ2v) is 7.76. The first-order valence-corrected chi connectivity index (χ1v) is 8.55. The normalized spacial score (nSPS) is 29.2. The third-order valence-corrected chi connectivity index (χ3v) is 6.18. The number of aliphatic carboxylic acids is 1. The Morgan fingerprint density at radius 1 is 1.32 bits per heavy atom. The van der Waals surface area contributed by atoms with E-state index in [1.54, 1.807) is 0 Å². The van der Waals surface area contributed by atoms with E-state index in [2.05, 4.69) is 4.90 Å². The lowest BCUT2D eigenvalue weighted by atomic mass is 9.68. The topological polar surface area (TPSA) is 60.9 Å². The second kappa shape index (κ2) is 5.66. The van der Waals surface area contributed by atoms with Gasteiger partial charge in [-0.3, -0.25) is 9.59 Å². The lowest BCUT2D eigenvalue weighted by Crippen LogP contribution is -2.63. The summed E-state index contributed by atoms with van der Waals surface area (Å²) in [6.45, 7) is 3.94. The van der Waals surface area contributed by atoms with Crippen molar-refractivity contribution in [2.45, 2.75) is 32.2 Å². The number of carboxylic acids is 1. The Balaban J connectivity index is 1.82. The van der Waals surface area contributed by atoms with Crippen molar-refractivity contribution < 1.29 is 14.7 Å². The molecule has 0 spiro atoms. The molecule has 0 saturated carbocycles. The van der Waals surface area contributed by atoms with E-state index in [0.29, 0.717) is 19.5 Å². The van der Waals surface area contributed by atoms with Crippen molar-refractivity contribution in [3.63, 3.8) is 0 Å². The SMILES string of the molecule is Cc1ccc(C(=O)N2CC[C@@]3(C(=O)O)CCCN(C)[C@@H]3C2)s1. The Hall–Kier alpha value is -1.40. The Morgan fingerprint density at radius 2 is 2.09 bits per heavy atom. The Kier molecular flexibility index (Phi) is 3.99. The number of likely N-dealkylation sites (N-methyl/N-ethyl adjacent to an activating group) is 1. The minimum atomic E-state index is -0.705. The molecule has 0 radical (unpaired) electrons. The number of hydrogen-bond acceptors (Lipinski definition) is 4. The Morgan fingerprint density at radius 3 is 2.73 bits per heavy atom. The lowest BCUT2D eigenvalue weighted by Gasteiger charge is -2.51. The van der Waals surface area contributed by atoms with Crippen molar-refractivity contribution in [2.24, 2.45) is 5.41 Å². The van der Waals surface area contributed by atoms with Crippen LogP contribution in [0.3, 0.4) is 0 Å². The molecular weight excluding hydrogens is 300 g/mol. The molecular formula is C16H22N2O3S. The molecule has 1 aromatic heterocycles. The van der Waals surface area contributed by atoms with Gasteiger partial charge in [0.05, 0.1) is 10.3 Å². The van der Waals surface area contributed by atoms with Gasteiger partial charge in [-0.05, 0) is 51.9 Å². The maximum absolute atomic E-state index is 12.6. The van der Waals surface area contributed by atoms with Crippen LogP contribution in [0, 0.1) is 12.3 Å². The fourth-order valence-corrected chi connectivity index (χ4v) is 4.71. The molecule has 120 valence electrons. The molecule has 2 atom stereocenters. The molecule has 2 saturated heterocycles.